The largest absolute Gasteiger partial charge is 0.0619 e. The fraction of sp³-hybridized carbons (Fsp3) is 0.200. The van der Waals surface area contributed by atoms with E-state index in [0.717, 1.165) is 0 Å². The molecule has 46 heavy (non-hydrogen) atoms. The van der Waals surface area contributed by atoms with Gasteiger partial charge in [-0.2, -0.15) is 0 Å². The molecule has 0 heterocycles. The van der Waals surface area contributed by atoms with Crippen molar-refractivity contribution < 1.29 is 0 Å². The quantitative estimate of drug-likeness (QED) is 0.157. The molecule has 6 aromatic rings. The van der Waals surface area contributed by atoms with E-state index in [1.54, 1.807) is 0 Å². The normalized spacial score (nSPS) is 16.7. The van der Waals surface area contributed by atoms with Gasteiger partial charge < -0.3 is 0 Å². The van der Waals surface area contributed by atoms with Crippen LogP contribution in [0.5, 0.6) is 0 Å². The molecule has 0 amide bonds. The Morgan fingerprint density at radius 3 is 1.04 bits per heavy atom. The van der Waals surface area contributed by atoms with Crippen molar-refractivity contribution in [3.05, 3.63) is 152 Å². The minimum atomic E-state index is -0.0914. The van der Waals surface area contributed by atoms with E-state index in [9.17, 15) is 0 Å². The molecule has 0 fully saturated rings. The highest BCUT2D eigenvalue weighted by atomic mass is 127. The molecule has 0 radical (unpaired) electrons. The van der Waals surface area contributed by atoms with Gasteiger partial charge in [0.2, 0.25) is 0 Å². The van der Waals surface area contributed by atoms with Crippen molar-refractivity contribution in [3.63, 3.8) is 0 Å². The van der Waals surface area contributed by atoms with Gasteiger partial charge in [-0.05, 0) is 148 Å². The Bertz CT molecular complexity index is 2290. The third kappa shape index (κ3) is 3.72. The van der Waals surface area contributed by atoms with Crippen LogP contribution in [-0.4, -0.2) is 0 Å². The first-order chi connectivity index (χ1) is 22.0. The molecule has 0 N–H and O–H groups in total. The Kier molecular flexibility index (Phi) is 5.73. The zero-order valence-electron chi connectivity index (χ0n) is 27.3. The molecule has 0 spiro atoms. The molecule has 1 heteroatoms. The van der Waals surface area contributed by atoms with Crippen molar-refractivity contribution in [2.24, 2.45) is 0 Å². The number of benzene rings is 6. The lowest BCUT2D eigenvalue weighted by atomic mass is 9.79. The molecule has 6 aromatic carbocycles. The average Bonchev–Trinajstić information content (AvgIpc) is 3.53. The van der Waals surface area contributed by atoms with Crippen LogP contribution in [0.3, 0.4) is 0 Å². The van der Waals surface area contributed by atoms with Crippen LogP contribution < -0.4 is 0 Å². The first-order valence-electron chi connectivity index (χ1n) is 16.5. The summed E-state index contributed by atoms with van der Waals surface area (Å²) in [4.78, 5) is 0. The fourth-order valence-electron chi connectivity index (χ4n) is 8.87. The molecule has 3 aliphatic rings. The standard InChI is InChI=1S/C45H37I/c1-43(2)37-10-8-7-9-31(37)32-16-11-26(21-38(32)43)27-12-17-33-34-18-13-28(23-40(34)44(3,4)39(33)22-27)29-14-19-35-36-20-15-30(46)25-42(36)45(5,6)41(35)24-29/h7-25H,1-6H3. The third-order valence-electron chi connectivity index (χ3n) is 11.6. The Balaban J connectivity index is 1.09. The molecule has 224 valence electrons. The van der Waals surface area contributed by atoms with E-state index in [-0.39, 0.29) is 16.2 Å². The van der Waals surface area contributed by atoms with Gasteiger partial charge in [0.1, 0.15) is 0 Å². The van der Waals surface area contributed by atoms with Crippen molar-refractivity contribution in [2.45, 2.75) is 57.8 Å². The maximum absolute atomic E-state index is 2.46. The van der Waals surface area contributed by atoms with E-state index in [1.807, 2.05) is 0 Å². The van der Waals surface area contributed by atoms with Gasteiger partial charge in [-0.15, -0.1) is 0 Å². The van der Waals surface area contributed by atoms with Gasteiger partial charge in [0.25, 0.3) is 0 Å². The number of halogens is 1. The van der Waals surface area contributed by atoms with Gasteiger partial charge in [0, 0.05) is 19.8 Å². The first kappa shape index (κ1) is 28.3. The minimum Gasteiger partial charge on any atom is -0.0619 e. The van der Waals surface area contributed by atoms with E-state index in [4.69, 9.17) is 0 Å². The van der Waals surface area contributed by atoms with Crippen molar-refractivity contribution >= 4 is 22.6 Å². The summed E-state index contributed by atoms with van der Waals surface area (Å²) < 4.78 is 1.30. The van der Waals surface area contributed by atoms with Crippen molar-refractivity contribution in [2.75, 3.05) is 0 Å². The maximum Gasteiger partial charge on any atom is 0.0159 e. The molecule has 0 unspecified atom stereocenters. The molecular weight excluding hydrogens is 667 g/mol. The second-order valence-electron chi connectivity index (χ2n) is 15.2. The molecular formula is C45H37I. The van der Waals surface area contributed by atoms with Crippen molar-refractivity contribution in [3.8, 4) is 55.6 Å². The number of hydrogen-bond acceptors (Lipinski definition) is 0. The second kappa shape index (κ2) is 9.32. The molecule has 9 rings (SSSR count). The Morgan fingerprint density at radius 2 is 0.630 bits per heavy atom. The lowest BCUT2D eigenvalue weighted by molar-refractivity contribution is 0.659. The molecule has 0 saturated heterocycles. The van der Waals surface area contributed by atoms with Crippen LogP contribution in [0, 0.1) is 3.57 Å². The summed E-state index contributed by atoms with van der Waals surface area (Å²) in [6, 6.07) is 44.3. The van der Waals surface area contributed by atoms with E-state index in [1.165, 1.54) is 92.6 Å². The van der Waals surface area contributed by atoms with Gasteiger partial charge in [-0.25, -0.2) is 0 Å². The summed E-state index contributed by atoms with van der Waals surface area (Å²) in [5.74, 6) is 0. The number of rotatable bonds is 2. The monoisotopic (exact) mass is 704 g/mol. The molecule has 0 aliphatic heterocycles. The number of fused-ring (bicyclic) bond motifs is 9. The predicted octanol–water partition coefficient (Wildman–Crippen LogP) is 12.5. The topological polar surface area (TPSA) is 0 Å². The highest BCUT2D eigenvalue weighted by molar-refractivity contribution is 14.1. The zero-order chi connectivity index (χ0) is 31.7. The summed E-state index contributed by atoms with van der Waals surface area (Å²) in [5.41, 5.74) is 21.9. The Morgan fingerprint density at radius 1 is 0.326 bits per heavy atom. The van der Waals surface area contributed by atoms with Crippen molar-refractivity contribution in [1.82, 2.24) is 0 Å². The molecule has 0 saturated carbocycles. The molecule has 0 atom stereocenters. The smallest absolute Gasteiger partial charge is 0.0159 e. The van der Waals surface area contributed by atoms with E-state index < -0.39 is 0 Å². The van der Waals surface area contributed by atoms with E-state index in [0.29, 0.717) is 0 Å². The highest BCUT2D eigenvalue weighted by Gasteiger charge is 2.39. The number of hydrogen-bond donors (Lipinski definition) is 0. The lowest BCUT2D eigenvalue weighted by Crippen LogP contribution is -2.16. The maximum atomic E-state index is 2.46. The summed E-state index contributed by atoms with van der Waals surface area (Å²) in [5, 5.41) is 0. The van der Waals surface area contributed by atoms with Gasteiger partial charge in [0.15, 0.2) is 0 Å². The SMILES string of the molecule is CC1(C)c2ccccc2-c2ccc(-c3ccc4c(c3)C(C)(C)c3cc(-c5ccc6c(c5)C(C)(C)c5cc(I)ccc5-6)ccc3-4)cc21. The van der Waals surface area contributed by atoms with E-state index >= 15 is 0 Å². The lowest BCUT2D eigenvalue weighted by Gasteiger charge is -2.24. The third-order valence-corrected chi connectivity index (χ3v) is 12.2. The molecule has 0 nitrogen and oxygen atoms in total. The minimum absolute atomic E-state index is 0.00125. The molecule has 3 aliphatic carbocycles. The van der Waals surface area contributed by atoms with Crippen LogP contribution in [0.15, 0.2) is 115 Å². The van der Waals surface area contributed by atoms with Crippen LogP contribution in [0.25, 0.3) is 55.6 Å². The summed E-state index contributed by atoms with van der Waals surface area (Å²) >= 11 is 2.44. The van der Waals surface area contributed by atoms with Gasteiger partial charge in [0.05, 0.1) is 0 Å². The van der Waals surface area contributed by atoms with Crippen LogP contribution in [0.2, 0.25) is 0 Å². The van der Waals surface area contributed by atoms with Gasteiger partial charge in [-0.3, -0.25) is 0 Å². The highest BCUT2D eigenvalue weighted by Crippen LogP contribution is 2.54. The zero-order valence-corrected chi connectivity index (χ0v) is 29.5. The average molecular weight is 705 g/mol. The van der Waals surface area contributed by atoms with Gasteiger partial charge in [-0.1, -0.05) is 120 Å². The fourth-order valence-corrected chi connectivity index (χ4v) is 9.36. The molecule has 0 bridgehead atoms. The Labute approximate surface area is 286 Å². The van der Waals surface area contributed by atoms with E-state index in [2.05, 4.69) is 179 Å². The van der Waals surface area contributed by atoms with Crippen LogP contribution >= 0.6 is 22.6 Å². The molecule has 0 aromatic heterocycles. The van der Waals surface area contributed by atoms with Crippen LogP contribution in [-0.2, 0) is 16.2 Å². The summed E-state index contributed by atoms with van der Waals surface area (Å²) in [6.45, 7) is 14.3. The summed E-state index contributed by atoms with van der Waals surface area (Å²) in [7, 11) is 0. The summed E-state index contributed by atoms with van der Waals surface area (Å²) in [6.07, 6.45) is 0. The first-order valence-corrected chi connectivity index (χ1v) is 17.5. The Hall–Kier alpha value is -3.95. The van der Waals surface area contributed by atoms with Crippen molar-refractivity contribution in [1.29, 1.82) is 0 Å². The van der Waals surface area contributed by atoms with Crippen LogP contribution in [0.1, 0.15) is 74.9 Å². The second-order valence-corrected chi connectivity index (χ2v) is 16.4. The predicted molar refractivity (Wildman–Crippen MR) is 203 cm³/mol. The van der Waals surface area contributed by atoms with Crippen LogP contribution in [0.4, 0.5) is 0 Å². The van der Waals surface area contributed by atoms with Gasteiger partial charge >= 0.3 is 0 Å².